The fourth-order valence-corrected chi connectivity index (χ4v) is 3.72. The maximum absolute atomic E-state index is 4.57. The lowest BCUT2D eigenvalue weighted by molar-refractivity contribution is 0.521. The number of hydrogen-bond acceptors (Lipinski definition) is 4. The van der Waals surface area contributed by atoms with Crippen LogP contribution < -0.4 is 4.90 Å². The Morgan fingerprint density at radius 3 is 3.05 bits per heavy atom. The predicted molar refractivity (Wildman–Crippen MR) is 82.0 cm³/mol. The zero-order valence-electron chi connectivity index (χ0n) is 11.7. The standard InChI is InChI=1S/C15H21N3S/c1-3-12-9-13-14(16-10-17-15(13)19-12)18-7-4-5-11(2)6-8-18/h9-11H,3-8H2,1-2H3. The lowest BCUT2D eigenvalue weighted by Crippen LogP contribution is -2.25. The number of hydrogen-bond donors (Lipinski definition) is 0. The number of aromatic nitrogens is 2. The molecule has 0 saturated carbocycles. The molecule has 0 aromatic carbocycles. The highest BCUT2D eigenvalue weighted by Gasteiger charge is 2.18. The molecular weight excluding hydrogens is 254 g/mol. The lowest BCUT2D eigenvalue weighted by Gasteiger charge is -2.21. The summed E-state index contributed by atoms with van der Waals surface area (Å²) in [7, 11) is 0. The van der Waals surface area contributed by atoms with Gasteiger partial charge in [-0.2, -0.15) is 0 Å². The third kappa shape index (κ3) is 2.59. The van der Waals surface area contributed by atoms with Crippen molar-refractivity contribution in [1.82, 2.24) is 9.97 Å². The highest BCUT2D eigenvalue weighted by Crippen LogP contribution is 2.31. The minimum Gasteiger partial charge on any atom is -0.356 e. The van der Waals surface area contributed by atoms with Gasteiger partial charge in [0.2, 0.25) is 0 Å². The van der Waals surface area contributed by atoms with Gasteiger partial charge in [0, 0.05) is 18.0 Å². The van der Waals surface area contributed by atoms with Crippen LogP contribution in [0.5, 0.6) is 0 Å². The van der Waals surface area contributed by atoms with Gasteiger partial charge in [-0.3, -0.25) is 0 Å². The molecule has 1 aliphatic rings. The van der Waals surface area contributed by atoms with Crippen LogP contribution in [-0.2, 0) is 6.42 Å². The Morgan fingerprint density at radius 2 is 2.21 bits per heavy atom. The van der Waals surface area contributed by atoms with Crippen molar-refractivity contribution in [2.45, 2.75) is 39.5 Å². The van der Waals surface area contributed by atoms with Crippen molar-refractivity contribution >= 4 is 27.4 Å². The summed E-state index contributed by atoms with van der Waals surface area (Å²) in [6.45, 7) is 6.82. The second-order valence-electron chi connectivity index (χ2n) is 5.51. The SMILES string of the molecule is CCc1cc2c(N3CCCC(C)CC3)ncnc2s1. The minimum absolute atomic E-state index is 0.844. The van der Waals surface area contributed by atoms with E-state index in [-0.39, 0.29) is 0 Å². The normalized spacial score (nSPS) is 20.7. The Bertz CT molecular complexity index is 564. The molecule has 1 unspecified atom stereocenters. The third-order valence-corrected chi connectivity index (χ3v) is 5.21. The second-order valence-corrected chi connectivity index (χ2v) is 6.62. The quantitative estimate of drug-likeness (QED) is 0.833. The molecule has 102 valence electrons. The first-order valence-corrected chi connectivity index (χ1v) is 8.08. The molecule has 2 aromatic heterocycles. The summed E-state index contributed by atoms with van der Waals surface area (Å²) in [6, 6.07) is 2.28. The monoisotopic (exact) mass is 275 g/mol. The summed E-state index contributed by atoms with van der Waals surface area (Å²) >= 11 is 1.80. The molecule has 0 amide bonds. The Kier molecular flexibility index (Phi) is 3.69. The maximum Gasteiger partial charge on any atom is 0.140 e. The van der Waals surface area contributed by atoms with Crippen LogP contribution in [0.4, 0.5) is 5.82 Å². The number of anilines is 1. The average molecular weight is 275 g/mol. The molecule has 1 aliphatic heterocycles. The number of nitrogens with zero attached hydrogens (tertiary/aromatic N) is 3. The first-order valence-electron chi connectivity index (χ1n) is 7.26. The van der Waals surface area contributed by atoms with E-state index >= 15 is 0 Å². The summed E-state index contributed by atoms with van der Waals surface area (Å²) in [5.41, 5.74) is 0. The van der Waals surface area contributed by atoms with Gasteiger partial charge in [-0.25, -0.2) is 9.97 Å². The molecule has 1 fully saturated rings. The zero-order valence-corrected chi connectivity index (χ0v) is 12.5. The Hall–Kier alpha value is -1.16. The van der Waals surface area contributed by atoms with Crippen LogP contribution in [0, 0.1) is 5.92 Å². The van der Waals surface area contributed by atoms with Crippen molar-refractivity contribution in [1.29, 1.82) is 0 Å². The molecule has 3 heterocycles. The van der Waals surface area contributed by atoms with E-state index in [2.05, 4.69) is 34.8 Å². The highest BCUT2D eigenvalue weighted by atomic mass is 32.1. The molecule has 0 N–H and O–H groups in total. The summed E-state index contributed by atoms with van der Waals surface area (Å²) in [5.74, 6) is 1.99. The molecule has 0 aliphatic carbocycles. The van der Waals surface area contributed by atoms with Crippen molar-refractivity contribution in [2.24, 2.45) is 5.92 Å². The summed E-state index contributed by atoms with van der Waals surface area (Å²) in [6.07, 6.45) is 6.70. The molecule has 2 aromatic rings. The van der Waals surface area contributed by atoms with E-state index in [1.54, 1.807) is 17.7 Å². The van der Waals surface area contributed by atoms with Crippen LogP contribution in [0.1, 0.15) is 38.0 Å². The molecule has 1 saturated heterocycles. The van der Waals surface area contributed by atoms with Gasteiger partial charge in [-0.1, -0.05) is 13.8 Å². The van der Waals surface area contributed by atoms with Crippen LogP contribution in [0.3, 0.4) is 0 Å². The fourth-order valence-electron chi connectivity index (χ4n) is 2.79. The summed E-state index contributed by atoms with van der Waals surface area (Å²) in [5, 5.41) is 1.25. The third-order valence-electron chi connectivity index (χ3n) is 4.02. The van der Waals surface area contributed by atoms with E-state index in [1.807, 2.05) is 0 Å². The molecule has 0 spiro atoms. The molecule has 1 atom stereocenters. The first kappa shape index (κ1) is 12.9. The first-order chi connectivity index (χ1) is 9.28. The molecule has 0 radical (unpaired) electrons. The van der Waals surface area contributed by atoms with E-state index in [4.69, 9.17) is 0 Å². The van der Waals surface area contributed by atoms with Crippen molar-refractivity contribution in [3.8, 4) is 0 Å². The topological polar surface area (TPSA) is 29.0 Å². The average Bonchev–Trinajstić information content (AvgIpc) is 2.74. The van der Waals surface area contributed by atoms with E-state index < -0.39 is 0 Å². The van der Waals surface area contributed by atoms with E-state index in [1.165, 1.54) is 29.5 Å². The van der Waals surface area contributed by atoms with Crippen molar-refractivity contribution in [3.63, 3.8) is 0 Å². The molecule has 3 nitrogen and oxygen atoms in total. The molecule has 0 bridgehead atoms. The molecule has 3 rings (SSSR count). The van der Waals surface area contributed by atoms with Crippen molar-refractivity contribution in [3.05, 3.63) is 17.3 Å². The van der Waals surface area contributed by atoms with E-state index in [0.717, 1.165) is 36.1 Å². The van der Waals surface area contributed by atoms with Gasteiger partial charge in [0.1, 0.15) is 17.0 Å². The Labute approximate surface area is 118 Å². The van der Waals surface area contributed by atoms with E-state index in [9.17, 15) is 0 Å². The Balaban J connectivity index is 1.97. The lowest BCUT2D eigenvalue weighted by atomic mass is 10.0. The molecule has 19 heavy (non-hydrogen) atoms. The number of aryl methyl sites for hydroxylation is 1. The van der Waals surface area contributed by atoms with E-state index in [0.29, 0.717) is 0 Å². The zero-order chi connectivity index (χ0) is 13.2. The molecule has 4 heteroatoms. The largest absolute Gasteiger partial charge is 0.356 e. The van der Waals surface area contributed by atoms with Crippen LogP contribution in [-0.4, -0.2) is 23.1 Å². The maximum atomic E-state index is 4.57. The van der Waals surface area contributed by atoms with Gasteiger partial charge in [0.15, 0.2) is 0 Å². The highest BCUT2D eigenvalue weighted by molar-refractivity contribution is 7.18. The number of rotatable bonds is 2. The van der Waals surface area contributed by atoms with Gasteiger partial charge in [-0.05, 0) is 37.7 Å². The number of thiophene rings is 1. The Morgan fingerprint density at radius 1 is 1.32 bits per heavy atom. The van der Waals surface area contributed by atoms with Gasteiger partial charge in [0.25, 0.3) is 0 Å². The summed E-state index contributed by atoms with van der Waals surface area (Å²) < 4.78 is 0. The van der Waals surface area contributed by atoms with Crippen molar-refractivity contribution < 1.29 is 0 Å². The van der Waals surface area contributed by atoms with Gasteiger partial charge in [-0.15, -0.1) is 11.3 Å². The van der Waals surface area contributed by atoms with Gasteiger partial charge in [0.05, 0.1) is 5.39 Å². The van der Waals surface area contributed by atoms with Crippen molar-refractivity contribution in [2.75, 3.05) is 18.0 Å². The van der Waals surface area contributed by atoms with Crippen LogP contribution in [0.25, 0.3) is 10.2 Å². The second kappa shape index (κ2) is 5.45. The van der Waals surface area contributed by atoms with Gasteiger partial charge >= 0.3 is 0 Å². The fraction of sp³-hybridized carbons (Fsp3) is 0.600. The summed E-state index contributed by atoms with van der Waals surface area (Å²) in [4.78, 5) is 14.0. The minimum atomic E-state index is 0.844. The number of fused-ring (bicyclic) bond motifs is 1. The van der Waals surface area contributed by atoms with Crippen LogP contribution >= 0.6 is 11.3 Å². The predicted octanol–water partition coefficient (Wildman–Crippen LogP) is 3.88. The van der Waals surface area contributed by atoms with Gasteiger partial charge < -0.3 is 4.90 Å². The molecular formula is C15H21N3S. The smallest absolute Gasteiger partial charge is 0.140 e. The van der Waals surface area contributed by atoms with Crippen LogP contribution in [0.2, 0.25) is 0 Å². The van der Waals surface area contributed by atoms with Crippen LogP contribution in [0.15, 0.2) is 12.4 Å².